The van der Waals surface area contributed by atoms with E-state index in [9.17, 15) is 10.1 Å². The van der Waals surface area contributed by atoms with Crippen LogP contribution < -0.4 is 0 Å². The molecule has 0 N–H and O–H groups in total. The summed E-state index contributed by atoms with van der Waals surface area (Å²) in [6.07, 6.45) is 2.48. The van der Waals surface area contributed by atoms with Crippen LogP contribution in [0.3, 0.4) is 0 Å². The van der Waals surface area contributed by atoms with Crippen LogP contribution in [0.15, 0.2) is 0 Å². The van der Waals surface area contributed by atoms with Gasteiger partial charge in [0.25, 0.3) is 0 Å². The molecule has 2 saturated carbocycles. The van der Waals surface area contributed by atoms with Crippen molar-refractivity contribution in [2.24, 2.45) is 34.5 Å². The van der Waals surface area contributed by atoms with E-state index in [0.29, 0.717) is 19.1 Å². The molecule has 5 heteroatoms. The molecule has 5 nitrogen and oxygen atoms in total. The third-order valence-electron chi connectivity index (χ3n) is 7.49. The molecule has 0 radical (unpaired) electrons. The van der Waals surface area contributed by atoms with Gasteiger partial charge in [-0.3, -0.25) is 4.79 Å². The van der Waals surface area contributed by atoms with Gasteiger partial charge in [-0.25, -0.2) is 0 Å². The van der Waals surface area contributed by atoms with E-state index in [1.54, 1.807) is 0 Å². The molecular formula is C19H29NO4. The molecule has 24 heavy (non-hydrogen) atoms. The Labute approximate surface area is 144 Å². The maximum atomic E-state index is 12.5. The van der Waals surface area contributed by atoms with E-state index in [1.165, 1.54) is 7.11 Å². The molecule has 0 aromatic carbocycles. The molecule has 1 aliphatic heterocycles. The SMILES string of the molecule is COC(=O)[C@@H](C)[C@]12CCC3(OCCO3)[C@H]1[C@](C)(C#N)[C@H](C)[C@@H](C)C2. The van der Waals surface area contributed by atoms with Crippen LogP contribution >= 0.6 is 0 Å². The minimum absolute atomic E-state index is 0.120. The number of fused-ring (bicyclic) bond motifs is 2. The summed E-state index contributed by atoms with van der Waals surface area (Å²) in [4.78, 5) is 12.5. The number of rotatable bonds is 2. The van der Waals surface area contributed by atoms with Crippen LogP contribution in [0.4, 0.5) is 0 Å². The molecule has 3 aliphatic rings. The minimum atomic E-state index is -0.721. The van der Waals surface area contributed by atoms with Crippen LogP contribution in [-0.2, 0) is 19.0 Å². The summed E-state index contributed by atoms with van der Waals surface area (Å²) in [5.74, 6) is -0.742. The Kier molecular flexibility index (Phi) is 4.21. The quantitative estimate of drug-likeness (QED) is 0.725. The van der Waals surface area contributed by atoms with E-state index in [2.05, 4.69) is 19.9 Å². The zero-order valence-corrected chi connectivity index (χ0v) is 15.4. The lowest BCUT2D eigenvalue weighted by atomic mass is 9.46. The average molecular weight is 335 g/mol. The molecule has 2 aliphatic carbocycles. The van der Waals surface area contributed by atoms with Gasteiger partial charge in [-0.15, -0.1) is 0 Å². The number of methoxy groups -OCH3 is 1. The van der Waals surface area contributed by atoms with Gasteiger partial charge >= 0.3 is 5.97 Å². The number of carbonyl (C=O) groups is 1. The zero-order valence-electron chi connectivity index (χ0n) is 15.4. The highest BCUT2D eigenvalue weighted by molar-refractivity contribution is 5.73. The standard InChI is InChI=1S/C19H29NO4/c1-12-10-18(14(3)15(21)22-5)6-7-19(23-8-9-24-19)16(18)17(4,11-20)13(12)2/h12-14,16H,6-10H2,1-5H3/t12-,13+,14+,16-,17+,18+/m0/s1. The van der Waals surface area contributed by atoms with E-state index < -0.39 is 11.2 Å². The predicted octanol–water partition coefficient (Wildman–Crippen LogP) is 3.14. The summed E-state index contributed by atoms with van der Waals surface area (Å²) in [5, 5.41) is 10.1. The van der Waals surface area contributed by atoms with E-state index >= 15 is 0 Å². The highest BCUT2D eigenvalue weighted by Gasteiger charge is 2.72. The van der Waals surface area contributed by atoms with Crippen molar-refractivity contribution in [2.45, 2.75) is 52.7 Å². The molecule has 1 spiro atoms. The Bertz CT molecular complexity index is 564. The van der Waals surface area contributed by atoms with Gasteiger partial charge in [0.1, 0.15) is 0 Å². The van der Waals surface area contributed by atoms with Gasteiger partial charge in [0.2, 0.25) is 0 Å². The summed E-state index contributed by atoms with van der Waals surface area (Å²) in [6.45, 7) is 9.46. The summed E-state index contributed by atoms with van der Waals surface area (Å²) < 4.78 is 17.3. The van der Waals surface area contributed by atoms with Gasteiger partial charge in [-0.05, 0) is 37.0 Å². The van der Waals surface area contributed by atoms with Crippen LogP contribution in [-0.4, -0.2) is 32.1 Å². The second kappa shape index (κ2) is 5.71. The van der Waals surface area contributed by atoms with Crippen molar-refractivity contribution in [2.75, 3.05) is 20.3 Å². The molecule has 0 unspecified atom stereocenters. The van der Waals surface area contributed by atoms with Gasteiger partial charge in [0, 0.05) is 12.3 Å². The Morgan fingerprint density at radius 1 is 1.29 bits per heavy atom. The molecule has 1 heterocycles. The fraction of sp³-hybridized carbons (Fsp3) is 0.895. The Hall–Kier alpha value is -1.12. The number of hydrogen-bond acceptors (Lipinski definition) is 5. The van der Waals surface area contributed by atoms with Gasteiger partial charge in [0.15, 0.2) is 5.79 Å². The van der Waals surface area contributed by atoms with Crippen molar-refractivity contribution < 1.29 is 19.0 Å². The molecule has 0 aromatic heterocycles. The number of nitrogens with zero attached hydrogens (tertiary/aromatic N) is 1. The fourth-order valence-electron chi connectivity index (χ4n) is 6.04. The van der Waals surface area contributed by atoms with Crippen LogP contribution in [0.25, 0.3) is 0 Å². The van der Waals surface area contributed by atoms with Crippen molar-refractivity contribution in [3.63, 3.8) is 0 Å². The van der Waals surface area contributed by atoms with Crippen LogP contribution in [0.2, 0.25) is 0 Å². The summed E-state index contributed by atoms with van der Waals surface area (Å²) in [5.41, 5.74) is -0.908. The molecule has 134 valence electrons. The number of nitriles is 1. The smallest absolute Gasteiger partial charge is 0.308 e. The Morgan fingerprint density at radius 3 is 2.46 bits per heavy atom. The third-order valence-corrected chi connectivity index (χ3v) is 7.49. The van der Waals surface area contributed by atoms with Gasteiger partial charge in [-0.1, -0.05) is 20.8 Å². The zero-order chi connectivity index (χ0) is 17.8. The molecule has 6 atom stereocenters. The van der Waals surface area contributed by atoms with E-state index in [1.807, 2.05) is 13.8 Å². The number of hydrogen-bond donors (Lipinski definition) is 0. The lowest BCUT2D eigenvalue weighted by Crippen LogP contribution is -2.59. The first-order valence-corrected chi connectivity index (χ1v) is 9.04. The van der Waals surface area contributed by atoms with Gasteiger partial charge in [-0.2, -0.15) is 5.26 Å². The number of esters is 1. The normalized spacial score (nSPS) is 44.8. The molecule has 0 bridgehead atoms. The summed E-state index contributed by atoms with van der Waals surface area (Å²) in [6, 6.07) is 2.61. The topological polar surface area (TPSA) is 68.6 Å². The summed E-state index contributed by atoms with van der Waals surface area (Å²) in [7, 11) is 1.44. The second-order valence-electron chi connectivity index (χ2n) is 8.28. The van der Waals surface area contributed by atoms with E-state index in [4.69, 9.17) is 14.2 Å². The summed E-state index contributed by atoms with van der Waals surface area (Å²) >= 11 is 0. The van der Waals surface area contributed by atoms with Crippen molar-refractivity contribution in [1.29, 1.82) is 5.26 Å². The first-order chi connectivity index (χ1) is 11.3. The Morgan fingerprint density at radius 2 is 1.92 bits per heavy atom. The van der Waals surface area contributed by atoms with Crippen molar-refractivity contribution >= 4 is 5.97 Å². The van der Waals surface area contributed by atoms with Gasteiger partial charge < -0.3 is 14.2 Å². The molecule has 3 fully saturated rings. The molecule has 3 rings (SSSR count). The van der Waals surface area contributed by atoms with Crippen LogP contribution in [0, 0.1) is 45.8 Å². The second-order valence-corrected chi connectivity index (χ2v) is 8.28. The number of carbonyl (C=O) groups excluding carboxylic acids is 1. The minimum Gasteiger partial charge on any atom is -0.469 e. The van der Waals surface area contributed by atoms with Crippen LogP contribution in [0.1, 0.15) is 47.0 Å². The highest BCUT2D eigenvalue weighted by Crippen LogP contribution is 2.70. The molecule has 1 saturated heterocycles. The fourth-order valence-corrected chi connectivity index (χ4v) is 6.04. The maximum Gasteiger partial charge on any atom is 0.308 e. The lowest BCUT2D eigenvalue weighted by Gasteiger charge is -2.57. The first-order valence-electron chi connectivity index (χ1n) is 9.04. The Balaban J connectivity index is 2.15. The average Bonchev–Trinajstić information content (AvgIpc) is 3.18. The monoisotopic (exact) mass is 335 g/mol. The third kappa shape index (κ3) is 2.09. The largest absolute Gasteiger partial charge is 0.469 e. The predicted molar refractivity (Wildman–Crippen MR) is 87.6 cm³/mol. The lowest BCUT2D eigenvalue weighted by molar-refractivity contribution is -0.243. The van der Waals surface area contributed by atoms with Gasteiger partial charge in [0.05, 0.1) is 37.7 Å². The van der Waals surface area contributed by atoms with E-state index in [0.717, 1.165) is 19.3 Å². The van der Waals surface area contributed by atoms with E-state index in [-0.39, 0.29) is 29.1 Å². The molecular weight excluding hydrogens is 306 g/mol. The first kappa shape index (κ1) is 17.7. The molecule has 0 aromatic rings. The maximum absolute atomic E-state index is 12.5. The number of ether oxygens (including phenoxy) is 3. The van der Waals surface area contributed by atoms with Crippen molar-refractivity contribution in [3.8, 4) is 6.07 Å². The highest BCUT2D eigenvalue weighted by atomic mass is 16.7. The van der Waals surface area contributed by atoms with Crippen molar-refractivity contribution in [3.05, 3.63) is 0 Å². The van der Waals surface area contributed by atoms with Crippen LogP contribution in [0.5, 0.6) is 0 Å². The van der Waals surface area contributed by atoms with Crippen molar-refractivity contribution in [1.82, 2.24) is 0 Å². The molecule has 0 amide bonds.